The van der Waals surface area contributed by atoms with Gasteiger partial charge >= 0.3 is 0 Å². The molecule has 4 nitrogen and oxygen atoms in total. The van der Waals surface area contributed by atoms with Crippen LogP contribution in [0.2, 0.25) is 0 Å². The number of nitrogens with zero attached hydrogens (tertiary/aromatic N) is 2. The molecule has 0 saturated carbocycles. The Morgan fingerprint density at radius 2 is 2.11 bits per heavy atom. The van der Waals surface area contributed by atoms with Gasteiger partial charge in [-0.25, -0.2) is 4.39 Å². The van der Waals surface area contributed by atoms with Gasteiger partial charge in [-0.3, -0.25) is 0 Å². The van der Waals surface area contributed by atoms with Crippen LogP contribution >= 0.6 is 15.9 Å². The molecule has 2 N–H and O–H groups in total. The minimum absolute atomic E-state index is 0.200. The molecule has 1 unspecified atom stereocenters. The van der Waals surface area contributed by atoms with Gasteiger partial charge in [-0.15, -0.1) is 0 Å². The van der Waals surface area contributed by atoms with Crippen LogP contribution in [0.1, 0.15) is 25.7 Å². The first kappa shape index (κ1) is 13.2. The molecule has 0 spiro atoms. The zero-order chi connectivity index (χ0) is 13.3. The number of rotatable bonds is 3. The van der Waals surface area contributed by atoms with E-state index in [0.717, 1.165) is 0 Å². The molecule has 96 valence electrons. The predicted molar refractivity (Wildman–Crippen MR) is 69.2 cm³/mol. The molecule has 0 amide bonds. The van der Waals surface area contributed by atoms with E-state index in [1.807, 2.05) is 13.8 Å². The Balaban J connectivity index is 2.38. The maximum Gasteiger partial charge on any atom is 0.259 e. The van der Waals surface area contributed by atoms with E-state index in [9.17, 15) is 4.39 Å². The second kappa shape index (κ2) is 5.16. The van der Waals surface area contributed by atoms with Gasteiger partial charge in [0.1, 0.15) is 5.82 Å². The molecule has 1 atom stereocenters. The summed E-state index contributed by atoms with van der Waals surface area (Å²) in [7, 11) is 0. The van der Waals surface area contributed by atoms with Crippen molar-refractivity contribution in [3.63, 3.8) is 0 Å². The summed E-state index contributed by atoms with van der Waals surface area (Å²) in [4.78, 5) is 4.20. The van der Waals surface area contributed by atoms with Crippen molar-refractivity contribution in [1.82, 2.24) is 10.1 Å². The minimum atomic E-state index is -0.375. The number of benzene rings is 1. The zero-order valence-corrected chi connectivity index (χ0v) is 11.6. The van der Waals surface area contributed by atoms with E-state index in [2.05, 4.69) is 26.1 Å². The molecule has 6 heteroatoms. The minimum Gasteiger partial charge on any atom is -0.334 e. The molecule has 18 heavy (non-hydrogen) atoms. The highest BCUT2D eigenvalue weighted by atomic mass is 79.9. The average molecular weight is 314 g/mol. The Morgan fingerprint density at radius 1 is 1.39 bits per heavy atom. The van der Waals surface area contributed by atoms with E-state index in [-0.39, 0.29) is 23.7 Å². The first-order chi connectivity index (χ1) is 8.50. The fraction of sp³-hybridized carbons (Fsp3) is 0.333. The van der Waals surface area contributed by atoms with E-state index in [1.165, 1.54) is 6.07 Å². The third-order valence-electron chi connectivity index (χ3n) is 2.64. The highest BCUT2D eigenvalue weighted by Gasteiger charge is 2.19. The van der Waals surface area contributed by atoms with Gasteiger partial charge in [0.15, 0.2) is 5.82 Å². The van der Waals surface area contributed by atoms with Crippen molar-refractivity contribution < 1.29 is 8.91 Å². The molecule has 2 aromatic rings. The summed E-state index contributed by atoms with van der Waals surface area (Å²) < 4.78 is 18.8. The topological polar surface area (TPSA) is 64.9 Å². The van der Waals surface area contributed by atoms with Crippen LogP contribution in [0.4, 0.5) is 4.39 Å². The van der Waals surface area contributed by atoms with Crippen molar-refractivity contribution in [3.8, 4) is 11.5 Å². The van der Waals surface area contributed by atoms with Crippen LogP contribution in [-0.2, 0) is 0 Å². The summed E-state index contributed by atoms with van der Waals surface area (Å²) in [6, 6.07) is 4.34. The third kappa shape index (κ3) is 2.44. The van der Waals surface area contributed by atoms with Crippen LogP contribution in [0.15, 0.2) is 27.2 Å². The second-order valence-electron chi connectivity index (χ2n) is 4.33. The smallest absolute Gasteiger partial charge is 0.259 e. The lowest BCUT2D eigenvalue weighted by Crippen LogP contribution is -2.18. The molecule has 0 aliphatic heterocycles. The Bertz CT molecular complexity index is 556. The normalized spacial score (nSPS) is 13.0. The molecule has 0 aliphatic carbocycles. The molecule has 1 aromatic heterocycles. The molecule has 0 bridgehead atoms. The van der Waals surface area contributed by atoms with Gasteiger partial charge in [-0.1, -0.05) is 25.1 Å². The summed E-state index contributed by atoms with van der Waals surface area (Å²) in [6.45, 7) is 3.94. The fourth-order valence-electron chi connectivity index (χ4n) is 1.45. The molecule has 1 heterocycles. The lowest BCUT2D eigenvalue weighted by Gasteiger charge is -2.09. The third-order valence-corrected chi connectivity index (χ3v) is 3.45. The van der Waals surface area contributed by atoms with Crippen LogP contribution < -0.4 is 5.73 Å². The van der Waals surface area contributed by atoms with Crippen LogP contribution in [0.5, 0.6) is 0 Å². The van der Waals surface area contributed by atoms with Crippen molar-refractivity contribution in [2.24, 2.45) is 11.7 Å². The van der Waals surface area contributed by atoms with Crippen molar-refractivity contribution in [1.29, 1.82) is 0 Å². The number of halogens is 2. The first-order valence-electron chi connectivity index (χ1n) is 5.54. The van der Waals surface area contributed by atoms with E-state index in [4.69, 9.17) is 10.3 Å². The lowest BCUT2D eigenvalue weighted by molar-refractivity contribution is 0.399. The van der Waals surface area contributed by atoms with Gasteiger partial charge in [0.25, 0.3) is 5.89 Å². The van der Waals surface area contributed by atoms with Crippen LogP contribution in [0, 0.1) is 11.7 Å². The predicted octanol–water partition coefficient (Wildman–Crippen LogP) is 3.29. The Labute approximate surface area is 113 Å². The molecule has 0 fully saturated rings. The van der Waals surface area contributed by atoms with Crippen molar-refractivity contribution in [2.75, 3.05) is 0 Å². The Morgan fingerprint density at radius 3 is 2.78 bits per heavy atom. The molecule has 0 aliphatic rings. The fourth-order valence-corrected chi connectivity index (χ4v) is 1.88. The Hall–Kier alpha value is -1.27. The Kier molecular flexibility index (Phi) is 3.77. The summed E-state index contributed by atoms with van der Waals surface area (Å²) in [6.07, 6.45) is 0. The van der Waals surface area contributed by atoms with Gasteiger partial charge in [0.2, 0.25) is 0 Å². The second-order valence-corrected chi connectivity index (χ2v) is 5.12. The maximum atomic E-state index is 13.4. The lowest BCUT2D eigenvalue weighted by atomic mass is 10.1. The number of aromatic nitrogens is 2. The number of nitrogens with two attached hydrogens (primary N) is 1. The average Bonchev–Trinajstić information content (AvgIpc) is 2.80. The number of hydrogen-bond acceptors (Lipinski definition) is 4. The standard InChI is InChI=1S/C12H13BrFN3O/c1-6(2)10(15)11-16-12(18-17-11)7-4-3-5-8(14)9(7)13/h3-6,10H,15H2,1-2H3. The van der Waals surface area contributed by atoms with Gasteiger partial charge in [-0.05, 0) is 34.0 Å². The van der Waals surface area contributed by atoms with Crippen LogP contribution in [-0.4, -0.2) is 10.1 Å². The molecule has 0 saturated heterocycles. The van der Waals surface area contributed by atoms with E-state index >= 15 is 0 Å². The van der Waals surface area contributed by atoms with E-state index in [1.54, 1.807) is 12.1 Å². The highest BCUT2D eigenvalue weighted by molar-refractivity contribution is 9.10. The van der Waals surface area contributed by atoms with Crippen LogP contribution in [0.3, 0.4) is 0 Å². The van der Waals surface area contributed by atoms with Gasteiger partial charge in [0, 0.05) is 0 Å². The molecule has 0 radical (unpaired) electrons. The summed E-state index contributed by atoms with van der Waals surface area (Å²) >= 11 is 3.16. The van der Waals surface area contributed by atoms with Crippen molar-refractivity contribution >= 4 is 15.9 Å². The van der Waals surface area contributed by atoms with Crippen LogP contribution in [0.25, 0.3) is 11.5 Å². The first-order valence-corrected chi connectivity index (χ1v) is 6.33. The van der Waals surface area contributed by atoms with Gasteiger partial charge in [0.05, 0.1) is 16.1 Å². The quantitative estimate of drug-likeness (QED) is 0.944. The van der Waals surface area contributed by atoms with Gasteiger partial charge in [-0.2, -0.15) is 4.98 Å². The van der Waals surface area contributed by atoms with Crippen molar-refractivity contribution in [2.45, 2.75) is 19.9 Å². The summed E-state index contributed by atoms with van der Waals surface area (Å²) in [5.74, 6) is 0.510. The maximum absolute atomic E-state index is 13.4. The summed E-state index contributed by atoms with van der Waals surface area (Å²) in [5, 5.41) is 3.83. The largest absolute Gasteiger partial charge is 0.334 e. The highest BCUT2D eigenvalue weighted by Crippen LogP contribution is 2.30. The van der Waals surface area contributed by atoms with Crippen molar-refractivity contribution in [3.05, 3.63) is 34.3 Å². The SMILES string of the molecule is CC(C)C(N)c1noc(-c2cccc(F)c2Br)n1. The zero-order valence-electron chi connectivity index (χ0n) is 10.0. The van der Waals surface area contributed by atoms with E-state index in [0.29, 0.717) is 15.9 Å². The summed E-state index contributed by atoms with van der Waals surface area (Å²) in [5.41, 5.74) is 6.44. The number of hydrogen-bond donors (Lipinski definition) is 1. The van der Waals surface area contributed by atoms with Gasteiger partial charge < -0.3 is 10.3 Å². The molecular weight excluding hydrogens is 301 g/mol. The molecule has 1 aromatic carbocycles. The molecule has 2 rings (SSSR count). The monoisotopic (exact) mass is 313 g/mol. The molecular formula is C12H13BrFN3O. The van der Waals surface area contributed by atoms with E-state index < -0.39 is 0 Å².